The molecule has 0 N–H and O–H groups in total. The molecule has 0 saturated heterocycles. The molecule has 0 saturated carbocycles. The number of hydrogen-bond donors (Lipinski definition) is 0. The highest BCUT2D eigenvalue weighted by Crippen LogP contribution is 2.34. The molecule has 1 amide bonds. The summed E-state index contributed by atoms with van der Waals surface area (Å²) in [6.07, 6.45) is -4.17. The van der Waals surface area contributed by atoms with Gasteiger partial charge in [-0.25, -0.2) is 4.98 Å². The van der Waals surface area contributed by atoms with Gasteiger partial charge in [-0.3, -0.25) is 4.79 Å². The molecule has 2 aromatic rings. The van der Waals surface area contributed by atoms with E-state index in [0.29, 0.717) is 16.8 Å². The number of rotatable bonds is 3. The zero-order chi connectivity index (χ0) is 18.1. The Kier molecular flexibility index (Phi) is 5.63. The minimum atomic E-state index is -4.63. The average molecular weight is 398 g/mol. The lowest BCUT2D eigenvalue weighted by molar-refractivity contribution is -0.138. The average Bonchev–Trinajstić information content (AvgIpc) is 2.50. The Morgan fingerprint density at radius 2 is 1.83 bits per heavy atom. The van der Waals surface area contributed by atoms with Gasteiger partial charge in [-0.1, -0.05) is 34.8 Å². The number of benzene rings is 1. The van der Waals surface area contributed by atoms with Gasteiger partial charge in [0.25, 0.3) is 0 Å². The molecule has 0 atom stereocenters. The molecule has 3 nitrogen and oxygen atoms in total. The van der Waals surface area contributed by atoms with Crippen LogP contribution in [0.3, 0.4) is 0 Å². The first kappa shape index (κ1) is 18.8. The largest absolute Gasteiger partial charge is 0.416 e. The van der Waals surface area contributed by atoms with Crippen molar-refractivity contribution in [2.75, 3.05) is 11.9 Å². The third kappa shape index (κ3) is 4.32. The molecule has 0 aliphatic carbocycles. The highest BCUT2D eigenvalue weighted by Gasteiger charge is 2.34. The quantitative estimate of drug-likeness (QED) is 0.661. The maximum Gasteiger partial charge on any atom is 0.416 e. The van der Waals surface area contributed by atoms with E-state index in [4.69, 9.17) is 34.8 Å². The zero-order valence-electron chi connectivity index (χ0n) is 12.2. The molecule has 2 rings (SSSR count). The Morgan fingerprint density at radius 1 is 1.17 bits per heavy atom. The van der Waals surface area contributed by atoms with Crippen LogP contribution in [0.5, 0.6) is 0 Å². The molecule has 0 spiro atoms. The van der Waals surface area contributed by atoms with E-state index in [2.05, 4.69) is 4.98 Å². The topological polar surface area (TPSA) is 33.2 Å². The Labute approximate surface area is 150 Å². The van der Waals surface area contributed by atoms with Crippen LogP contribution in [0.4, 0.5) is 18.9 Å². The third-order valence-electron chi connectivity index (χ3n) is 3.26. The number of carbonyl (C=O) groups is 1. The number of alkyl halides is 3. The number of halogens is 6. The molecule has 1 aromatic carbocycles. The summed E-state index contributed by atoms with van der Waals surface area (Å²) >= 11 is 17.2. The van der Waals surface area contributed by atoms with E-state index in [1.54, 1.807) is 0 Å². The molecule has 128 valence electrons. The molecule has 0 aliphatic rings. The van der Waals surface area contributed by atoms with Crippen LogP contribution in [0.25, 0.3) is 0 Å². The lowest BCUT2D eigenvalue weighted by Gasteiger charge is -2.19. The van der Waals surface area contributed by atoms with E-state index in [-0.39, 0.29) is 15.7 Å². The summed E-state index contributed by atoms with van der Waals surface area (Å²) in [5.41, 5.74) is -0.841. The second kappa shape index (κ2) is 7.17. The van der Waals surface area contributed by atoms with Crippen molar-refractivity contribution in [3.63, 3.8) is 0 Å². The monoisotopic (exact) mass is 396 g/mol. The molecule has 0 aliphatic heterocycles. The molecule has 1 aromatic heterocycles. The van der Waals surface area contributed by atoms with Crippen molar-refractivity contribution >= 4 is 46.4 Å². The van der Waals surface area contributed by atoms with Gasteiger partial charge in [0.1, 0.15) is 5.15 Å². The SMILES string of the molecule is CN(C(=O)Cc1cnc(Cl)cc1C(F)(F)F)c1ccc(Cl)c(Cl)c1. The van der Waals surface area contributed by atoms with Crippen molar-refractivity contribution in [1.82, 2.24) is 4.98 Å². The molecule has 0 unspecified atom stereocenters. The van der Waals surface area contributed by atoms with E-state index >= 15 is 0 Å². The Hall–Kier alpha value is -1.50. The number of anilines is 1. The molecular weight excluding hydrogens is 388 g/mol. The van der Waals surface area contributed by atoms with Gasteiger partial charge < -0.3 is 4.90 Å². The van der Waals surface area contributed by atoms with Gasteiger partial charge in [0.15, 0.2) is 0 Å². The Bertz CT molecular complexity index is 781. The summed E-state index contributed by atoms with van der Waals surface area (Å²) in [4.78, 5) is 17.1. The van der Waals surface area contributed by atoms with Gasteiger partial charge in [0.05, 0.1) is 22.0 Å². The van der Waals surface area contributed by atoms with E-state index in [1.807, 2.05) is 0 Å². The van der Waals surface area contributed by atoms with E-state index in [1.165, 1.54) is 30.1 Å². The zero-order valence-corrected chi connectivity index (χ0v) is 14.4. The molecule has 0 radical (unpaired) electrons. The minimum absolute atomic E-state index is 0.234. The van der Waals surface area contributed by atoms with Crippen LogP contribution in [0.2, 0.25) is 15.2 Å². The fourth-order valence-electron chi connectivity index (χ4n) is 1.98. The van der Waals surface area contributed by atoms with Crippen molar-refractivity contribution in [2.24, 2.45) is 0 Å². The van der Waals surface area contributed by atoms with Crippen molar-refractivity contribution in [2.45, 2.75) is 12.6 Å². The van der Waals surface area contributed by atoms with Gasteiger partial charge >= 0.3 is 6.18 Å². The van der Waals surface area contributed by atoms with Crippen LogP contribution in [-0.4, -0.2) is 17.9 Å². The van der Waals surface area contributed by atoms with Gasteiger partial charge in [0.2, 0.25) is 5.91 Å². The number of pyridine rings is 1. The Balaban J connectivity index is 2.28. The first-order chi connectivity index (χ1) is 11.1. The minimum Gasteiger partial charge on any atom is -0.315 e. The normalized spacial score (nSPS) is 11.5. The molecule has 0 fully saturated rings. The molecular formula is C15H10Cl3F3N2O. The predicted octanol–water partition coefficient (Wildman–Crippen LogP) is 5.27. The van der Waals surface area contributed by atoms with Crippen molar-refractivity contribution in [1.29, 1.82) is 0 Å². The van der Waals surface area contributed by atoms with Crippen molar-refractivity contribution in [3.8, 4) is 0 Å². The second-order valence-electron chi connectivity index (χ2n) is 4.89. The van der Waals surface area contributed by atoms with Crippen molar-refractivity contribution in [3.05, 3.63) is 56.8 Å². The summed E-state index contributed by atoms with van der Waals surface area (Å²) in [6.45, 7) is 0. The summed E-state index contributed by atoms with van der Waals surface area (Å²) in [7, 11) is 1.43. The lowest BCUT2D eigenvalue weighted by Crippen LogP contribution is -2.28. The number of nitrogens with zero attached hydrogens (tertiary/aromatic N) is 2. The highest BCUT2D eigenvalue weighted by molar-refractivity contribution is 6.42. The van der Waals surface area contributed by atoms with Crippen LogP contribution in [0.15, 0.2) is 30.5 Å². The maximum absolute atomic E-state index is 13.1. The molecule has 24 heavy (non-hydrogen) atoms. The van der Waals surface area contributed by atoms with Gasteiger partial charge in [-0.05, 0) is 29.8 Å². The lowest BCUT2D eigenvalue weighted by atomic mass is 10.1. The van der Waals surface area contributed by atoms with Crippen LogP contribution >= 0.6 is 34.8 Å². The van der Waals surface area contributed by atoms with E-state index in [0.717, 1.165) is 6.20 Å². The molecule has 0 bridgehead atoms. The van der Waals surface area contributed by atoms with E-state index < -0.39 is 24.1 Å². The predicted molar refractivity (Wildman–Crippen MR) is 87.8 cm³/mol. The molecule has 9 heteroatoms. The number of amides is 1. The van der Waals surface area contributed by atoms with Gasteiger partial charge in [-0.15, -0.1) is 0 Å². The third-order valence-corrected chi connectivity index (χ3v) is 4.21. The summed E-state index contributed by atoms with van der Waals surface area (Å²) in [5.74, 6) is -0.567. The van der Waals surface area contributed by atoms with Crippen LogP contribution in [0.1, 0.15) is 11.1 Å². The fourth-order valence-corrected chi connectivity index (χ4v) is 2.43. The standard InChI is InChI=1S/C15H10Cl3F3N2O/c1-23(9-2-3-11(16)12(17)5-9)14(24)4-8-7-22-13(18)6-10(8)15(19,20)21/h2-3,5-7H,4H2,1H3. The molecule has 1 heterocycles. The second-order valence-corrected chi connectivity index (χ2v) is 6.09. The first-order valence-electron chi connectivity index (χ1n) is 6.53. The smallest absolute Gasteiger partial charge is 0.315 e. The van der Waals surface area contributed by atoms with Crippen molar-refractivity contribution < 1.29 is 18.0 Å². The highest BCUT2D eigenvalue weighted by atomic mass is 35.5. The summed E-state index contributed by atoms with van der Waals surface area (Å²) < 4.78 is 39.2. The number of aromatic nitrogens is 1. The van der Waals surface area contributed by atoms with Crippen LogP contribution < -0.4 is 4.90 Å². The first-order valence-corrected chi connectivity index (χ1v) is 7.66. The van der Waals surface area contributed by atoms with E-state index in [9.17, 15) is 18.0 Å². The maximum atomic E-state index is 13.1. The van der Waals surface area contributed by atoms with Gasteiger partial charge in [0, 0.05) is 18.9 Å². The number of carbonyl (C=O) groups excluding carboxylic acids is 1. The summed E-state index contributed by atoms with van der Waals surface area (Å²) in [6, 6.07) is 5.18. The Morgan fingerprint density at radius 3 is 2.42 bits per heavy atom. The van der Waals surface area contributed by atoms with Crippen LogP contribution in [0, 0.1) is 0 Å². The summed E-state index contributed by atoms with van der Waals surface area (Å²) in [5, 5.41) is 0.247. The number of hydrogen-bond acceptors (Lipinski definition) is 2. The fraction of sp³-hybridized carbons (Fsp3) is 0.200. The van der Waals surface area contributed by atoms with Crippen LogP contribution in [-0.2, 0) is 17.4 Å². The number of likely N-dealkylation sites (N-methyl/N-ethyl adjacent to an activating group) is 1. The van der Waals surface area contributed by atoms with Gasteiger partial charge in [-0.2, -0.15) is 13.2 Å².